The second-order valence-corrected chi connectivity index (χ2v) is 9.54. The number of anilines is 1. The number of aliphatic imine (C=N–C) groups is 1. The number of nitrogen functional groups attached to an aromatic ring is 1. The number of amidine groups is 1. The van der Waals surface area contributed by atoms with Crippen LogP contribution < -0.4 is 22.1 Å². The van der Waals surface area contributed by atoms with Crippen LogP contribution in [0, 0.1) is 5.92 Å². The van der Waals surface area contributed by atoms with E-state index in [1.165, 1.54) is 0 Å². The lowest BCUT2D eigenvalue weighted by Gasteiger charge is -2.24. The van der Waals surface area contributed by atoms with Crippen molar-refractivity contribution >= 4 is 46.0 Å². The van der Waals surface area contributed by atoms with Crippen LogP contribution in [0.25, 0.3) is 16.6 Å². The predicted octanol–water partition coefficient (Wildman–Crippen LogP) is 2.72. The molecule has 10 heteroatoms. The van der Waals surface area contributed by atoms with E-state index in [9.17, 15) is 14.4 Å². The van der Waals surface area contributed by atoms with Gasteiger partial charge in [0, 0.05) is 31.3 Å². The molecule has 2 heterocycles. The molecule has 5 rings (SSSR count). The molecule has 0 saturated heterocycles. The van der Waals surface area contributed by atoms with Crippen molar-refractivity contribution < 1.29 is 14.4 Å². The SMILES string of the molecule is NC(=O)c1cccc(C2=CN=C(NCCc3ccccc3)C(=O)C2CC(=O)NCc2ccc3nc(N)[nH]c3c2)c1. The number of carbonyl (C=O) groups is 3. The van der Waals surface area contributed by atoms with Gasteiger partial charge in [-0.3, -0.25) is 14.4 Å². The fourth-order valence-electron chi connectivity index (χ4n) is 4.67. The number of hydrogen-bond acceptors (Lipinski definition) is 7. The molecule has 3 aromatic carbocycles. The number of Topliss-reactive ketones (excluding diaryl/α,β-unsaturated/α-hetero) is 1. The molecule has 0 saturated carbocycles. The van der Waals surface area contributed by atoms with E-state index in [0.29, 0.717) is 35.6 Å². The summed E-state index contributed by atoms with van der Waals surface area (Å²) in [7, 11) is 0. The van der Waals surface area contributed by atoms with Crippen LogP contribution in [0.15, 0.2) is 84.0 Å². The van der Waals surface area contributed by atoms with Crippen molar-refractivity contribution in [3.05, 3.63) is 101 Å². The molecular formula is C30H29N7O3. The van der Waals surface area contributed by atoms with Crippen LogP contribution in [0.1, 0.15) is 33.5 Å². The molecule has 2 amide bonds. The van der Waals surface area contributed by atoms with E-state index in [0.717, 1.165) is 22.2 Å². The van der Waals surface area contributed by atoms with Gasteiger partial charge in [0.1, 0.15) is 0 Å². The van der Waals surface area contributed by atoms with E-state index in [-0.39, 0.29) is 30.5 Å². The first-order valence-corrected chi connectivity index (χ1v) is 12.9. The van der Waals surface area contributed by atoms with Crippen molar-refractivity contribution in [3.63, 3.8) is 0 Å². The molecule has 1 unspecified atom stereocenters. The van der Waals surface area contributed by atoms with E-state index in [2.05, 4.69) is 25.6 Å². The Labute approximate surface area is 230 Å². The molecular weight excluding hydrogens is 506 g/mol. The van der Waals surface area contributed by atoms with E-state index in [1.807, 2.05) is 48.5 Å². The Morgan fingerprint density at radius 2 is 1.80 bits per heavy atom. The molecule has 1 atom stereocenters. The van der Waals surface area contributed by atoms with Crippen LogP contribution in [0.2, 0.25) is 0 Å². The standard InChI is InChI=1S/C30H29N7O3/c31-28(40)21-8-4-7-20(14-21)23-17-35-29(33-12-11-18-5-2-1-3-6-18)27(39)22(23)15-26(38)34-16-19-9-10-24-25(13-19)37-30(32)36-24/h1-10,13-14,17,22H,11-12,15-16H2,(H2,31,40)(H,33,35)(H,34,38)(H3,32,36,37). The summed E-state index contributed by atoms with van der Waals surface area (Å²) < 4.78 is 0. The number of carbonyl (C=O) groups excluding carboxylic acids is 3. The first kappa shape index (κ1) is 26.4. The molecule has 7 N–H and O–H groups in total. The van der Waals surface area contributed by atoms with Crippen LogP contribution in [-0.2, 0) is 22.6 Å². The number of aromatic amines is 1. The highest BCUT2D eigenvalue weighted by molar-refractivity contribution is 6.42. The average Bonchev–Trinajstić information content (AvgIpc) is 3.33. The molecule has 4 aromatic rings. The molecule has 0 spiro atoms. The van der Waals surface area contributed by atoms with Gasteiger partial charge in [-0.2, -0.15) is 0 Å². The quantitative estimate of drug-likeness (QED) is 0.221. The fourth-order valence-corrected chi connectivity index (χ4v) is 4.67. The Bertz CT molecular complexity index is 1640. The van der Waals surface area contributed by atoms with E-state index in [1.54, 1.807) is 30.5 Å². The summed E-state index contributed by atoms with van der Waals surface area (Å²) in [5.41, 5.74) is 16.1. The van der Waals surface area contributed by atoms with E-state index < -0.39 is 11.8 Å². The van der Waals surface area contributed by atoms with E-state index in [4.69, 9.17) is 11.5 Å². The molecule has 202 valence electrons. The average molecular weight is 536 g/mol. The van der Waals surface area contributed by atoms with Crippen molar-refractivity contribution in [2.45, 2.75) is 19.4 Å². The van der Waals surface area contributed by atoms with Gasteiger partial charge in [0.15, 0.2) is 11.8 Å². The number of nitrogens with two attached hydrogens (primary N) is 2. The minimum atomic E-state index is -0.797. The maximum Gasteiger partial charge on any atom is 0.248 e. The number of H-pyrrole nitrogens is 1. The Morgan fingerprint density at radius 1 is 0.975 bits per heavy atom. The number of amides is 2. The number of benzene rings is 3. The third-order valence-corrected chi connectivity index (χ3v) is 6.73. The molecule has 1 aliphatic rings. The molecule has 40 heavy (non-hydrogen) atoms. The zero-order chi connectivity index (χ0) is 28.1. The summed E-state index contributed by atoms with van der Waals surface area (Å²) in [5.74, 6) is -1.45. The highest BCUT2D eigenvalue weighted by Crippen LogP contribution is 2.31. The third-order valence-electron chi connectivity index (χ3n) is 6.73. The first-order chi connectivity index (χ1) is 19.4. The molecule has 10 nitrogen and oxygen atoms in total. The Kier molecular flexibility index (Phi) is 7.68. The summed E-state index contributed by atoms with van der Waals surface area (Å²) in [6.07, 6.45) is 2.20. The second kappa shape index (κ2) is 11.6. The number of aromatic nitrogens is 2. The van der Waals surface area contributed by atoms with Crippen LogP contribution >= 0.6 is 0 Å². The summed E-state index contributed by atoms with van der Waals surface area (Å²) in [6.45, 7) is 0.773. The molecule has 0 radical (unpaired) electrons. The van der Waals surface area contributed by atoms with Gasteiger partial charge in [-0.05, 0) is 52.9 Å². The monoisotopic (exact) mass is 535 g/mol. The van der Waals surface area contributed by atoms with Gasteiger partial charge >= 0.3 is 0 Å². The van der Waals surface area contributed by atoms with Gasteiger partial charge < -0.3 is 27.1 Å². The number of primary amides is 1. The summed E-state index contributed by atoms with van der Waals surface area (Å²) in [4.78, 5) is 50.0. The Morgan fingerprint density at radius 3 is 2.60 bits per heavy atom. The molecule has 0 fully saturated rings. The Balaban J connectivity index is 1.32. The maximum atomic E-state index is 13.6. The van der Waals surface area contributed by atoms with Gasteiger partial charge in [-0.1, -0.05) is 48.5 Å². The van der Waals surface area contributed by atoms with E-state index >= 15 is 0 Å². The third kappa shape index (κ3) is 6.07. The Hall–Kier alpha value is -5.25. The number of allylic oxidation sites excluding steroid dienone is 1. The van der Waals surface area contributed by atoms with Crippen LogP contribution in [0.4, 0.5) is 5.95 Å². The van der Waals surface area contributed by atoms with Gasteiger partial charge in [0.05, 0.1) is 17.0 Å². The van der Waals surface area contributed by atoms with Gasteiger partial charge in [-0.25, -0.2) is 9.98 Å². The predicted molar refractivity (Wildman–Crippen MR) is 154 cm³/mol. The highest BCUT2D eigenvalue weighted by Gasteiger charge is 2.33. The molecule has 0 aliphatic carbocycles. The zero-order valence-corrected chi connectivity index (χ0v) is 21.7. The number of fused-ring (bicyclic) bond motifs is 1. The fraction of sp³-hybridized carbons (Fsp3) is 0.167. The number of nitrogens with one attached hydrogen (secondary N) is 3. The summed E-state index contributed by atoms with van der Waals surface area (Å²) in [5, 5.41) is 6.03. The summed E-state index contributed by atoms with van der Waals surface area (Å²) >= 11 is 0. The van der Waals surface area contributed by atoms with Gasteiger partial charge in [0.2, 0.25) is 17.6 Å². The number of imidazole rings is 1. The van der Waals surface area contributed by atoms with Gasteiger partial charge in [-0.15, -0.1) is 0 Å². The molecule has 1 aliphatic heterocycles. The lowest BCUT2D eigenvalue weighted by atomic mass is 9.84. The lowest BCUT2D eigenvalue weighted by Crippen LogP contribution is -2.40. The normalized spacial score (nSPS) is 14.9. The number of hydrogen-bond donors (Lipinski definition) is 5. The number of nitrogens with zero attached hydrogens (tertiary/aromatic N) is 2. The number of rotatable bonds is 9. The topological polar surface area (TPSA) is 168 Å². The molecule has 1 aromatic heterocycles. The second-order valence-electron chi connectivity index (χ2n) is 9.54. The van der Waals surface area contributed by atoms with Crippen LogP contribution in [0.3, 0.4) is 0 Å². The summed E-state index contributed by atoms with van der Waals surface area (Å²) in [6, 6.07) is 22.1. The van der Waals surface area contributed by atoms with Crippen molar-refractivity contribution in [1.82, 2.24) is 20.6 Å². The maximum absolute atomic E-state index is 13.6. The van der Waals surface area contributed by atoms with Gasteiger partial charge in [0.25, 0.3) is 0 Å². The van der Waals surface area contributed by atoms with Crippen molar-refractivity contribution in [2.24, 2.45) is 16.6 Å². The highest BCUT2D eigenvalue weighted by atomic mass is 16.2. The minimum absolute atomic E-state index is 0.0932. The zero-order valence-electron chi connectivity index (χ0n) is 21.7. The van der Waals surface area contributed by atoms with Crippen LogP contribution in [-0.4, -0.2) is 39.9 Å². The van der Waals surface area contributed by atoms with Crippen molar-refractivity contribution in [2.75, 3.05) is 12.3 Å². The molecule has 0 bridgehead atoms. The first-order valence-electron chi connectivity index (χ1n) is 12.9. The van der Waals surface area contributed by atoms with Crippen molar-refractivity contribution in [3.8, 4) is 0 Å². The smallest absolute Gasteiger partial charge is 0.248 e. The van der Waals surface area contributed by atoms with Crippen LogP contribution in [0.5, 0.6) is 0 Å². The largest absolute Gasteiger partial charge is 0.369 e. The lowest BCUT2D eigenvalue weighted by molar-refractivity contribution is -0.125. The number of ketones is 1. The van der Waals surface area contributed by atoms with Crippen molar-refractivity contribution in [1.29, 1.82) is 0 Å². The minimum Gasteiger partial charge on any atom is -0.369 e.